The third-order valence-electron chi connectivity index (χ3n) is 0.0522. The van der Waals surface area contributed by atoms with Gasteiger partial charge < -0.3 is 0 Å². The van der Waals surface area contributed by atoms with E-state index in [2.05, 4.69) is 0 Å². The maximum atomic E-state index is 10.8. The van der Waals surface area contributed by atoms with Gasteiger partial charge in [0.2, 0.25) is 0 Å². The molecule has 5 heteroatoms. The van der Waals surface area contributed by atoms with Crippen molar-refractivity contribution in [1.82, 2.24) is 2.74 Å². The van der Waals surface area contributed by atoms with Crippen LogP contribution in [0.4, 0.5) is 8.37 Å². The maximum absolute atomic E-state index is 10.8. The topological polar surface area (TPSA) is 3.24 Å². The van der Waals surface area contributed by atoms with Gasteiger partial charge in [-0.15, -0.1) is 8.37 Å². The lowest BCUT2D eigenvalue weighted by molar-refractivity contribution is 0.324. The van der Waals surface area contributed by atoms with Crippen molar-refractivity contribution in [2.45, 2.75) is 0 Å². The monoisotopic (exact) mass is 211 g/mol. The van der Waals surface area contributed by atoms with Crippen molar-refractivity contribution in [2.24, 2.45) is 0 Å². The summed E-state index contributed by atoms with van der Waals surface area (Å²) in [5.74, 6) is 0. The van der Waals surface area contributed by atoms with Crippen LogP contribution in [-0.4, -0.2) is 2.74 Å². The van der Waals surface area contributed by atoms with E-state index in [0.29, 0.717) is 0 Å². The number of hydrogen-bond donors (Lipinski definition) is 0. The fraction of sp³-hybridized carbons (Fsp3) is 0. The summed E-state index contributed by atoms with van der Waals surface area (Å²) in [6.07, 6.45) is 0. The van der Waals surface area contributed by atoms with Crippen LogP contribution in [0.15, 0.2) is 0 Å². The molecule has 0 N–H and O–H groups in total. The molecule has 5 heavy (non-hydrogen) atoms. The fourth-order valence-corrected chi connectivity index (χ4v) is 0. The van der Waals surface area contributed by atoms with Crippen LogP contribution in [0.1, 0.15) is 0 Å². The predicted octanol–water partition coefficient (Wildman–Crippen LogP) is 2.06. The normalized spacial score (nSPS) is 9.60. The molecular weight excluding hydrogens is 211 g/mol. The van der Waals surface area contributed by atoms with E-state index in [0.717, 1.165) is 22.9 Å². The Morgan fingerprint density at radius 3 is 2.00 bits per heavy atom. The third-order valence-corrected chi connectivity index (χ3v) is 0.603. The molecule has 0 fully saturated rings. The summed E-state index contributed by atoms with van der Waals surface area (Å²) in [6.45, 7) is 0. The Balaban J connectivity index is 2.54. The Morgan fingerprint density at radius 2 is 2.00 bits per heavy atom. The smallest absolute Gasteiger partial charge is 0.144 e. The van der Waals surface area contributed by atoms with E-state index < -0.39 is 12.3 Å². The van der Waals surface area contributed by atoms with Gasteiger partial charge in [-0.3, -0.25) is 0 Å². The van der Waals surface area contributed by atoms with Gasteiger partial charge in [-0.1, -0.05) is 0 Å². The van der Waals surface area contributed by atoms with E-state index in [1.807, 2.05) is 0 Å². The van der Waals surface area contributed by atoms with E-state index in [4.69, 9.17) is 0 Å². The lowest BCUT2D eigenvalue weighted by Gasteiger charge is -1.82. The standard InChI is InChI=1S/F2INS/c1-4(3)5-2. The van der Waals surface area contributed by atoms with Gasteiger partial charge >= 0.3 is 0 Å². The van der Waals surface area contributed by atoms with Crippen LogP contribution in [0.25, 0.3) is 0 Å². The highest BCUT2D eigenvalue weighted by atomic mass is 127. The average molecular weight is 211 g/mol. The fourth-order valence-electron chi connectivity index (χ4n) is 0. The Labute approximate surface area is 46.6 Å². The van der Waals surface area contributed by atoms with Crippen molar-refractivity contribution in [3.8, 4) is 0 Å². The first kappa shape index (κ1) is 5.90. The molecule has 0 bridgehead atoms. The summed E-state index contributed by atoms with van der Waals surface area (Å²) in [6, 6.07) is 0. The van der Waals surface area contributed by atoms with Crippen molar-refractivity contribution in [3.05, 3.63) is 0 Å². The molecule has 32 valence electrons. The summed E-state index contributed by atoms with van der Waals surface area (Å²) in [4.78, 5) is 0. The lowest BCUT2D eigenvalue weighted by Crippen LogP contribution is -1.71. The molecule has 0 spiro atoms. The van der Waals surface area contributed by atoms with E-state index in [9.17, 15) is 8.37 Å². The van der Waals surface area contributed by atoms with E-state index in [1.165, 1.54) is 0 Å². The highest BCUT2D eigenvalue weighted by Gasteiger charge is 1.88. The Hall–Kier alpha value is 0.900. The van der Waals surface area contributed by atoms with Crippen LogP contribution < -0.4 is 0 Å². The summed E-state index contributed by atoms with van der Waals surface area (Å²) in [5.41, 5.74) is 0. The summed E-state index contributed by atoms with van der Waals surface area (Å²) in [7, 11) is 0. The molecule has 0 aliphatic carbocycles. The third kappa shape index (κ3) is 4.90. The van der Waals surface area contributed by atoms with Crippen molar-refractivity contribution in [1.29, 1.82) is 0 Å². The molecule has 0 atom stereocenters. The van der Waals surface area contributed by atoms with Crippen LogP contribution in [-0.2, 0) is 0 Å². The largest absolute Gasteiger partial charge is 0.175 e. The van der Waals surface area contributed by atoms with E-state index in [1.54, 1.807) is 0 Å². The zero-order valence-corrected chi connectivity index (χ0v) is 4.96. The molecule has 0 saturated carbocycles. The molecule has 1 nitrogen and oxygen atoms in total. The Bertz CT molecular complexity index is 23.6. The minimum atomic E-state index is -0.467. The zero-order valence-electron chi connectivity index (χ0n) is 1.99. The van der Waals surface area contributed by atoms with Gasteiger partial charge in [-0.05, 0) is 0 Å². The summed E-state index contributed by atoms with van der Waals surface area (Å²) in [5, 5.41) is 0. The van der Waals surface area contributed by atoms with Gasteiger partial charge in [0.15, 0.2) is 12.3 Å². The molecule has 0 unspecified atom stereocenters. The first-order valence-corrected chi connectivity index (χ1v) is 2.31. The van der Waals surface area contributed by atoms with Crippen molar-refractivity contribution in [2.75, 3.05) is 0 Å². The molecule has 0 aliphatic heterocycles. The SMILES string of the molecule is FSN(F)I. The first-order chi connectivity index (χ1) is 2.27. The van der Waals surface area contributed by atoms with Gasteiger partial charge in [0.05, 0.1) is 22.9 Å². The number of halogens is 3. The highest BCUT2D eigenvalue weighted by Crippen LogP contribution is 2.15. The number of nitrogens with zero attached hydrogens (tertiary/aromatic N) is 1. The zero-order chi connectivity index (χ0) is 4.28. The molecule has 0 aromatic rings. The second-order valence-electron chi connectivity index (χ2n) is 0.271. The molecule has 0 aromatic heterocycles. The second-order valence-corrected chi connectivity index (χ2v) is 2.23. The first-order valence-electron chi connectivity index (χ1n) is 0.675. The molecule has 0 heterocycles. The maximum Gasteiger partial charge on any atom is 0.175 e. The minimum Gasteiger partial charge on any atom is -0.144 e. The number of hydrogen-bond acceptors (Lipinski definition) is 2. The molecule has 0 aliphatic rings. The molecule has 0 saturated heterocycles. The van der Waals surface area contributed by atoms with Gasteiger partial charge in [0, 0.05) is 2.74 Å². The molecule has 0 amide bonds. The summed E-state index contributed by atoms with van der Waals surface area (Å²) >= 11 is 0.694. The molecule has 0 aromatic carbocycles. The van der Waals surface area contributed by atoms with Crippen LogP contribution in [0, 0.1) is 0 Å². The lowest BCUT2D eigenvalue weighted by atomic mass is 13.8. The van der Waals surface area contributed by atoms with Crippen molar-refractivity contribution >= 4 is 35.2 Å². The summed E-state index contributed by atoms with van der Waals surface area (Å²) < 4.78 is 21.3. The second kappa shape index (κ2) is 3.10. The van der Waals surface area contributed by atoms with E-state index >= 15 is 0 Å². The van der Waals surface area contributed by atoms with Crippen molar-refractivity contribution in [3.63, 3.8) is 0 Å². The van der Waals surface area contributed by atoms with Gasteiger partial charge in [-0.2, -0.15) is 0 Å². The van der Waals surface area contributed by atoms with Gasteiger partial charge in [0.25, 0.3) is 0 Å². The minimum absolute atomic E-state index is 0.155. The predicted molar refractivity (Wildman–Crippen MR) is 25.7 cm³/mol. The highest BCUT2D eigenvalue weighted by molar-refractivity contribution is 14.1. The Kier molecular flexibility index (Phi) is 3.66. The molecule has 0 radical (unpaired) electrons. The van der Waals surface area contributed by atoms with Gasteiger partial charge in [-0.25, -0.2) is 0 Å². The van der Waals surface area contributed by atoms with E-state index in [-0.39, 0.29) is 2.74 Å². The molecular formula is F2INS. The van der Waals surface area contributed by atoms with Crippen LogP contribution in [0.3, 0.4) is 0 Å². The quantitative estimate of drug-likeness (QED) is 0.371. The molecule has 0 rings (SSSR count). The Morgan fingerprint density at radius 1 is 1.80 bits per heavy atom. The number of rotatable bonds is 1. The van der Waals surface area contributed by atoms with Crippen LogP contribution in [0.5, 0.6) is 0 Å². The average Bonchev–Trinajstić information content (AvgIpc) is 1.38. The van der Waals surface area contributed by atoms with Crippen LogP contribution in [0.2, 0.25) is 0 Å². The van der Waals surface area contributed by atoms with Crippen LogP contribution >= 0.6 is 35.2 Å². The van der Waals surface area contributed by atoms with Crippen molar-refractivity contribution < 1.29 is 8.37 Å². The van der Waals surface area contributed by atoms with Gasteiger partial charge in [0.1, 0.15) is 0 Å².